The zero-order valence-electron chi connectivity index (χ0n) is 17.9. The third-order valence-corrected chi connectivity index (χ3v) is 6.27. The summed E-state index contributed by atoms with van der Waals surface area (Å²) < 4.78 is 11.0. The molecule has 1 aliphatic rings. The summed E-state index contributed by atoms with van der Waals surface area (Å²) in [5, 5.41) is 0. The molecule has 0 fully saturated rings. The van der Waals surface area contributed by atoms with E-state index in [9.17, 15) is 9.59 Å². The minimum absolute atomic E-state index is 0.223. The molecule has 2 aromatic rings. The molecule has 0 saturated carbocycles. The van der Waals surface area contributed by atoms with Crippen LogP contribution in [0.2, 0.25) is 0 Å². The molecular weight excluding hydrogens is 398 g/mol. The number of hydrogen-bond donors (Lipinski definition) is 0. The molecule has 5 nitrogen and oxygen atoms in total. The molecule has 1 aliphatic heterocycles. The van der Waals surface area contributed by atoms with Gasteiger partial charge in [-0.15, -0.1) is 11.8 Å². The highest BCUT2D eigenvalue weighted by atomic mass is 32.2. The summed E-state index contributed by atoms with van der Waals surface area (Å²) in [5.41, 5.74) is 3.53. The van der Waals surface area contributed by atoms with Crippen LogP contribution in [0.15, 0.2) is 45.9 Å². The average molecular weight is 428 g/mol. The highest BCUT2D eigenvalue weighted by Crippen LogP contribution is 2.38. The Kier molecular flexibility index (Phi) is 7.94. The van der Waals surface area contributed by atoms with Crippen LogP contribution in [0, 0.1) is 13.8 Å². The number of rotatable bonds is 11. The van der Waals surface area contributed by atoms with Crippen molar-refractivity contribution in [2.75, 3.05) is 19.8 Å². The van der Waals surface area contributed by atoms with Gasteiger partial charge in [0.1, 0.15) is 5.76 Å². The van der Waals surface area contributed by atoms with E-state index in [0.717, 1.165) is 41.9 Å². The molecule has 0 spiro atoms. The number of ether oxygens (including phenoxy) is 1. The van der Waals surface area contributed by atoms with E-state index in [1.807, 2.05) is 44.2 Å². The fraction of sp³-hybridized carbons (Fsp3) is 0.417. The monoisotopic (exact) mass is 427 g/mol. The van der Waals surface area contributed by atoms with Crippen molar-refractivity contribution < 1.29 is 18.7 Å². The van der Waals surface area contributed by atoms with Gasteiger partial charge in [-0.3, -0.25) is 14.5 Å². The Morgan fingerprint density at radius 1 is 1.03 bits per heavy atom. The minimum atomic E-state index is -0.224. The summed E-state index contributed by atoms with van der Waals surface area (Å²) in [6, 6.07) is 9.60. The molecule has 0 unspecified atom stereocenters. The second kappa shape index (κ2) is 10.6. The first-order chi connectivity index (χ1) is 14.5. The van der Waals surface area contributed by atoms with Crippen molar-refractivity contribution in [3.05, 3.63) is 64.0 Å². The van der Waals surface area contributed by atoms with Gasteiger partial charge in [-0.1, -0.05) is 31.5 Å². The summed E-state index contributed by atoms with van der Waals surface area (Å²) in [6.07, 6.45) is 4.36. The maximum Gasteiger partial charge on any atom is 0.267 e. The standard InChI is InChI=1S/C24H29NO4S/c1-4-5-12-28-13-7-11-25-23(26)21(19-10-9-17(2)18(3)15-19)22(24(25)27)30-16-20-8-6-14-29-20/h6,8-10,14-15H,4-5,7,11-13,16H2,1-3H3. The molecule has 1 aromatic carbocycles. The van der Waals surface area contributed by atoms with Crippen LogP contribution < -0.4 is 0 Å². The van der Waals surface area contributed by atoms with Crippen molar-refractivity contribution in [1.82, 2.24) is 4.90 Å². The summed E-state index contributed by atoms with van der Waals surface area (Å²) in [6.45, 7) is 7.80. The number of amides is 2. The molecule has 30 heavy (non-hydrogen) atoms. The maximum absolute atomic E-state index is 13.2. The Morgan fingerprint density at radius 3 is 2.53 bits per heavy atom. The van der Waals surface area contributed by atoms with Gasteiger partial charge in [-0.05, 0) is 55.5 Å². The summed E-state index contributed by atoms with van der Waals surface area (Å²) in [4.78, 5) is 28.2. The van der Waals surface area contributed by atoms with Crippen LogP contribution in [0.25, 0.3) is 5.57 Å². The van der Waals surface area contributed by atoms with Gasteiger partial charge in [0.15, 0.2) is 0 Å². The Labute approximate surface area is 182 Å². The van der Waals surface area contributed by atoms with Crippen molar-refractivity contribution in [2.24, 2.45) is 0 Å². The second-order valence-electron chi connectivity index (χ2n) is 7.45. The largest absolute Gasteiger partial charge is 0.468 e. The number of thioether (sulfide) groups is 1. The molecule has 0 aliphatic carbocycles. The van der Waals surface area contributed by atoms with Crippen molar-refractivity contribution in [1.29, 1.82) is 0 Å². The highest BCUT2D eigenvalue weighted by Gasteiger charge is 2.38. The van der Waals surface area contributed by atoms with E-state index in [-0.39, 0.29) is 11.8 Å². The second-order valence-corrected chi connectivity index (χ2v) is 8.44. The van der Waals surface area contributed by atoms with E-state index in [1.165, 1.54) is 16.7 Å². The lowest BCUT2D eigenvalue weighted by Gasteiger charge is -2.15. The zero-order chi connectivity index (χ0) is 21.5. The topological polar surface area (TPSA) is 59.8 Å². The average Bonchev–Trinajstić information content (AvgIpc) is 3.33. The maximum atomic E-state index is 13.2. The quantitative estimate of drug-likeness (QED) is 0.368. The molecule has 0 N–H and O–H groups in total. The number of aryl methyl sites for hydroxylation is 2. The molecule has 2 heterocycles. The van der Waals surface area contributed by atoms with Gasteiger partial charge >= 0.3 is 0 Å². The molecular formula is C24H29NO4S. The normalized spacial score (nSPS) is 14.3. The van der Waals surface area contributed by atoms with Gasteiger partial charge in [0.2, 0.25) is 0 Å². The van der Waals surface area contributed by atoms with Crippen molar-refractivity contribution in [3.8, 4) is 0 Å². The Hall–Kier alpha value is -2.31. The predicted octanol–water partition coefficient (Wildman–Crippen LogP) is 5.12. The summed E-state index contributed by atoms with van der Waals surface area (Å²) in [5.74, 6) is 0.830. The molecule has 160 valence electrons. The third kappa shape index (κ3) is 5.24. The molecule has 0 saturated heterocycles. The van der Waals surface area contributed by atoms with E-state index < -0.39 is 0 Å². The highest BCUT2D eigenvalue weighted by molar-refractivity contribution is 8.03. The van der Waals surface area contributed by atoms with Crippen LogP contribution >= 0.6 is 11.8 Å². The number of carbonyl (C=O) groups is 2. The first-order valence-corrected chi connectivity index (χ1v) is 11.4. The number of nitrogens with zero attached hydrogens (tertiary/aromatic N) is 1. The molecule has 3 rings (SSSR count). The van der Waals surface area contributed by atoms with E-state index in [0.29, 0.717) is 35.8 Å². The van der Waals surface area contributed by atoms with Crippen LogP contribution in [0.3, 0.4) is 0 Å². The fourth-order valence-corrected chi connectivity index (χ4v) is 4.29. The fourth-order valence-electron chi connectivity index (χ4n) is 3.25. The SMILES string of the molecule is CCCCOCCCN1C(=O)C(SCc2ccco2)=C(c2ccc(C)c(C)c2)C1=O. The lowest BCUT2D eigenvalue weighted by molar-refractivity contribution is -0.136. The van der Waals surface area contributed by atoms with Gasteiger partial charge in [0.05, 0.1) is 22.5 Å². The van der Waals surface area contributed by atoms with E-state index in [2.05, 4.69) is 6.92 Å². The Bertz CT molecular complexity index is 917. The lowest BCUT2D eigenvalue weighted by Crippen LogP contribution is -2.33. The van der Waals surface area contributed by atoms with Crippen molar-refractivity contribution in [3.63, 3.8) is 0 Å². The molecule has 6 heteroatoms. The third-order valence-electron chi connectivity index (χ3n) is 5.17. The molecule has 0 bridgehead atoms. The number of carbonyl (C=O) groups excluding carboxylic acids is 2. The number of benzene rings is 1. The summed E-state index contributed by atoms with van der Waals surface area (Å²) >= 11 is 1.36. The first kappa shape index (κ1) is 22.4. The Morgan fingerprint density at radius 2 is 1.83 bits per heavy atom. The minimum Gasteiger partial charge on any atom is -0.468 e. The van der Waals surface area contributed by atoms with Gasteiger partial charge in [0.25, 0.3) is 11.8 Å². The van der Waals surface area contributed by atoms with E-state index >= 15 is 0 Å². The lowest BCUT2D eigenvalue weighted by atomic mass is 10.0. The number of imide groups is 1. The van der Waals surface area contributed by atoms with E-state index in [1.54, 1.807) is 6.26 Å². The van der Waals surface area contributed by atoms with Crippen LogP contribution in [0.1, 0.15) is 48.6 Å². The van der Waals surface area contributed by atoms with E-state index in [4.69, 9.17) is 9.15 Å². The van der Waals surface area contributed by atoms with Crippen molar-refractivity contribution >= 4 is 29.1 Å². The zero-order valence-corrected chi connectivity index (χ0v) is 18.7. The Balaban J connectivity index is 1.78. The van der Waals surface area contributed by atoms with Crippen LogP contribution in [-0.2, 0) is 20.1 Å². The predicted molar refractivity (Wildman–Crippen MR) is 120 cm³/mol. The smallest absolute Gasteiger partial charge is 0.267 e. The van der Waals surface area contributed by atoms with Gasteiger partial charge < -0.3 is 9.15 Å². The van der Waals surface area contributed by atoms with Gasteiger partial charge in [-0.25, -0.2) is 0 Å². The summed E-state index contributed by atoms with van der Waals surface area (Å²) in [7, 11) is 0. The van der Waals surface area contributed by atoms with Crippen LogP contribution in [0.4, 0.5) is 0 Å². The number of furan rings is 1. The molecule has 2 amide bonds. The first-order valence-electron chi connectivity index (χ1n) is 10.4. The van der Waals surface area contributed by atoms with Crippen LogP contribution in [0.5, 0.6) is 0 Å². The number of unbranched alkanes of at least 4 members (excludes halogenated alkanes) is 1. The number of hydrogen-bond acceptors (Lipinski definition) is 5. The van der Waals surface area contributed by atoms with Crippen molar-refractivity contribution in [2.45, 2.75) is 45.8 Å². The molecule has 0 atom stereocenters. The van der Waals surface area contributed by atoms with Gasteiger partial charge in [0, 0.05) is 19.8 Å². The van der Waals surface area contributed by atoms with Crippen LogP contribution in [-0.4, -0.2) is 36.5 Å². The van der Waals surface area contributed by atoms with Gasteiger partial charge in [-0.2, -0.15) is 0 Å². The molecule has 0 radical (unpaired) electrons. The molecule has 1 aromatic heterocycles.